The monoisotopic (exact) mass is 425 g/mol. The predicted octanol–water partition coefficient (Wildman–Crippen LogP) is 1.92. The first-order chi connectivity index (χ1) is 14.9. The van der Waals surface area contributed by atoms with Gasteiger partial charge in [0.1, 0.15) is 5.56 Å². The van der Waals surface area contributed by atoms with Gasteiger partial charge in [-0.05, 0) is 37.5 Å². The van der Waals surface area contributed by atoms with Gasteiger partial charge in [-0.1, -0.05) is 30.3 Å². The summed E-state index contributed by atoms with van der Waals surface area (Å²) in [7, 11) is 1.50. The number of pyridine rings is 1. The van der Waals surface area contributed by atoms with Crippen LogP contribution in [0, 0.1) is 5.92 Å². The molecule has 1 aromatic carbocycles. The van der Waals surface area contributed by atoms with Gasteiger partial charge in [0.25, 0.3) is 11.5 Å². The van der Waals surface area contributed by atoms with Crippen molar-refractivity contribution in [3.8, 4) is 11.3 Å². The van der Waals surface area contributed by atoms with E-state index in [1.54, 1.807) is 17.9 Å². The van der Waals surface area contributed by atoms with Crippen LogP contribution in [0.3, 0.4) is 0 Å². The van der Waals surface area contributed by atoms with E-state index in [2.05, 4.69) is 4.98 Å². The molecule has 0 bridgehead atoms. The molecule has 0 spiro atoms. The normalized spacial score (nSPS) is 14.2. The van der Waals surface area contributed by atoms with Crippen molar-refractivity contribution in [2.45, 2.75) is 19.8 Å². The van der Waals surface area contributed by atoms with Gasteiger partial charge in [0, 0.05) is 25.8 Å². The second kappa shape index (κ2) is 10.1. The molecule has 1 aliphatic rings. The molecule has 1 N–H and O–H groups in total. The number of hydrogen-bond donors (Lipinski definition) is 1. The average Bonchev–Trinajstić information content (AvgIpc) is 2.79. The van der Waals surface area contributed by atoms with E-state index in [1.807, 2.05) is 30.3 Å². The zero-order valence-corrected chi connectivity index (χ0v) is 17.8. The summed E-state index contributed by atoms with van der Waals surface area (Å²) in [6.45, 7) is 2.86. The van der Waals surface area contributed by atoms with Crippen LogP contribution in [-0.4, -0.2) is 65.9 Å². The number of H-pyrrole nitrogens is 1. The van der Waals surface area contributed by atoms with Crippen molar-refractivity contribution in [2.75, 3.05) is 33.3 Å². The molecule has 2 heterocycles. The number of nitrogens with one attached hydrogen (secondary N) is 1. The standard InChI is InChI=1S/C23H27N3O5/c1-3-31-23(30)17-11-13-26(14-12-17)20(27)15-25(2)22(29)18-9-10-19(24-21(18)28)16-7-5-4-6-8-16/h4-10,17H,3,11-15H2,1-2H3,(H,24,28). The summed E-state index contributed by atoms with van der Waals surface area (Å²) in [5.41, 5.74) is 0.940. The number of benzene rings is 1. The van der Waals surface area contributed by atoms with E-state index in [4.69, 9.17) is 4.74 Å². The zero-order valence-electron chi connectivity index (χ0n) is 17.8. The van der Waals surface area contributed by atoms with E-state index in [-0.39, 0.29) is 29.9 Å². The van der Waals surface area contributed by atoms with Gasteiger partial charge in [0.2, 0.25) is 5.91 Å². The van der Waals surface area contributed by atoms with Gasteiger partial charge < -0.3 is 19.5 Å². The highest BCUT2D eigenvalue weighted by atomic mass is 16.5. The van der Waals surface area contributed by atoms with Crippen molar-refractivity contribution in [1.82, 2.24) is 14.8 Å². The summed E-state index contributed by atoms with van der Waals surface area (Å²) < 4.78 is 5.04. The SMILES string of the molecule is CCOC(=O)C1CCN(C(=O)CN(C)C(=O)c2ccc(-c3ccccc3)[nH]c2=O)CC1. The summed E-state index contributed by atoms with van der Waals surface area (Å²) >= 11 is 0. The van der Waals surface area contributed by atoms with Gasteiger partial charge in [-0.2, -0.15) is 0 Å². The maximum absolute atomic E-state index is 12.7. The van der Waals surface area contributed by atoms with Crippen molar-refractivity contribution < 1.29 is 19.1 Å². The van der Waals surface area contributed by atoms with Gasteiger partial charge in [0.15, 0.2) is 0 Å². The number of hydrogen-bond acceptors (Lipinski definition) is 5. The molecule has 0 saturated carbocycles. The van der Waals surface area contributed by atoms with Crippen LogP contribution in [0.1, 0.15) is 30.1 Å². The maximum Gasteiger partial charge on any atom is 0.309 e. The Morgan fingerprint density at radius 3 is 2.39 bits per heavy atom. The molecule has 164 valence electrons. The minimum Gasteiger partial charge on any atom is -0.466 e. The van der Waals surface area contributed by atoms with Gasteiger partial charge in [-0.25, -0.2) is 0 Å². The molecule has 0 atom stereocenters. The Morgan fingerprint density at radius 2 is 1.77 bits per heavy atom. The number of rotatable bonds is 6. The van der Waals surface area contributed by atoms with Crippen LogP contribution in [0.4, 0.5) is 0 Å². The molecule has 0 radical (unpaired) electrons. The molecular formula is C23H27N3O5. The summed E-state index contributed by atoms with van der Waals surface area (Å²) in [6, 6.07) is 12.5. The number of piperidine rings is 1. The smallest absolute Gasteiger partial charge is 0.309 e. The number of nitrogens with zero attached hydrogens (tertiary/aromatic N) is 2. The molecule has 1 saturated heterocycles. The quantitative estimate of drug-likeness (QED) is 0.713. The zero-order chi connectivity index (χ0) is 22.4. The molecule has 1 aliphatic heterocycles. The van der Waals surface area contributed by atoms with Crippen LogP contribution in [0.5, 0.6) is 0 Å². The molecule has 8 nitrogen and oxygen atoms in total. The molecule has 1 aromatic heterocycles. The van der Waals surface area contributed by atoms with Crippen molar-refractivity contribution in [3.05, 3.63) is 58.4 Å². The van der Waals surface area contributed by atoms with E-state index >= 15 is 0 Å². The average molecular weight is 425 g/mol. The highest BCUT2D eigenvalue weighted by Crippen LogP contribution is 2.19. The van der Waals surface area contributed by atoms with Crippen molar-refractivity contribution in [1.29, 1.82) is 0 Å². The number of carbonyl (C=O) groups excluding carboxylic acids is 3. The number of amides is 2. The van der Waals surface area contributed by atoms with Gasteiger partial charge in [-0.15, -0.1) is 0 Å². The molecule has 0 unspecified atom stereocenters. The third-order valence-electron chi connectivity index (χ3n) is 5.41. The van der Waals surface area contributed by atoms with Gasteiger partial charge >= 0.3 is 5.97 Å². The van der Waals surface area contributed by atoms with Crippen LogP contribution in [-0.2, 0) is 14.3 Å². The van der Waals surface area contributed by atoms with Crippen LogP contribution < -0.4 is 5.56 Å². The fraction of sp³-hybridized carbons (Fsp3) is 0.391. The van der Waals surface area contributed by atoms with Crippen LogP contribution in [0.15, 0.2) is 47.3 Å². The molecule has 1 fully saturated rings. The Balaban J connectivity index is 1.59. The minimum absolute atomic E-state index is 0.0176. The third-order valence-corrected chi connectivity index (χ3v) is 5.41. The van der Waals surface area contributed by atoms with E-state index < -0.39 is 11.5 Å². The highest BCUT2D eigenvalue weighted by Gasteiger charge is 2.29. The maximum atomic E-state index is 12.7. The number of ether oxygens (including phenoxy) is 1. The molecule has 8 heteroatoms. The number of carbonyl (C=O) groups is 3. The van der Waals surface area contributed by atoms with E-state index in [9.17, 15) is 19.2 Å². The summed E-state index contributed by atoms with van der Waals surface area (Å²) in [4.78, 5) is 55.2. The lowest BCUT2D eigenvalue weighted by Gasteiger charge is -2.32. The number of esters is 1. The van der Waals surface area contributed by atoms with Crippen LogP contribution in [0.25, 0.3) is 11.3 Å². The Bertz CT molecular complexity index is 994. The lowest BCUT2D eigenvalue weighted by Crippen LogP contribution is -2.46. The second-order valence-electron chi connectivity index (χ2n) is 7.55. The first-order valence-electron chi connectivity index (χ1n) is 10.4. The topological polar surface area (TPSA) is 99.8 Å². The van der Waals surface area contributed by atoms with Crippen LogP contribution >= 0.6 is 0 Å². The fourth-order valence-corrected chi connectivity index (χ4v) is 3.63. The first kappa shape index (κ1) is 22.3. The molecule has 2 amide bonds. The molecular weight excluding hydrogens is 398 g/mol. The Kier molecular flexibility index (Phi) is 7.23. The van der Waals surface area contributed by atoms with Gasteiger partial charge in [-0.3, -0.25) is 19.2 Å². The van der Waals surface area contributed by atoms with E-state index in [0.29, 0.717) is 38.2 Å². The highest BCUT2D eigenvalue weighted by molar-refractivity contribution is 5.96. The molecule has 2 aromatic rings. The Hall–Kier alpha value is -3.42. The Morgan fingerprint density at radius 1 is 1.10 bits per heavy atom. The lowest BCUT2D eigenvalue weighted by atomic mass is 9.97. The number of likely N-dealkylation sites (N-methyl/N-ethyl adjacent to an activating group) is 1. The second-order valence-corrected chi connectivity index (χ2v) is 7.55. The minimum atomic E-state index is -0.518. The first-order valence-corrected chi connectivity index (χ1v) is 10.4. The van der Waals surface area contributed by atoms with E-state index in [1.165, 1.54) is 18.0 Å². The van der Waals surface area contributed by atoms with Crippen LogP contribution in [0.2, 0.25) is 0 Å². The number of aromatic nitrogens is 1. The summed E-state index contributed by atoms with van der Waals surface area (Å²) in [5.74, 6) is -1.14. The van der Waals surface area contributed by atoms with Gasteiger partial charge in [0.05, 0.1) is 19.1 Å². The van der Waals surface area contributed by atoms with E-state index in [0.717, 1.165) is 5.56 Å². The lowest BCUT2D eigenvalue weighted by molar-refractivity contribution is -0.151. The largest absolute Gasteiger partial charge is 0.466 e. The summed E-state index contributed by atoms with van der Waals surface area (Å²) in [6.07, 6.45) is 1.09. The summed E-state index contributed by atoms with van der Waals surface area (Å²) in [5, 5.41) is 0. The van der Waals surface area contributed by atoms with Crippen molar-refractivity contribution in [3.63, 3.8) is 0 Å². The number of aromatic amines is 1. The van der Waals surface area contributed by atoms with Crippen molar-refractivity contribution in [2.24, 2.45) is 5.92 Å². The Labute approximate surface area is 180 Å². The third kappa shape index (κ3) is 5.39. The fourth-order valence-electron chi connectivity index (χ4n) is 3.63. The molecule has 3 rings (SSSR count). The molecule has 31 heavy (non-hydrogen) atoms. The number of likely N-dealkylation sites (tertiary alicyclic amines) is 1. The van der Waals surface area contributed by atoms with Crippen molar-refractivity contribution >= 4 is 17.8 Å². The molecule has 0 aliphatic carbocycles. The predicted molar refractivity (Wildman–Crippen MR) is 115 cm³/mol.